The fourth-order valence-electron chi connectivity index (χ4n) is 11.0. The van der Waals surface area contributed by atoms with Gasteiger partial charge < -0.3 is 33.8 Å². The standard InChI is InChI=1S/C73H142O17P2/c1-9-65(7)51-43-35-25-21-19-17-15-13-11-12-14-16-18-20-22-27-37-45-53-70(75)83-59-69(90-73(78)56-48-40-32-30-34-42-50-64(5)6)62-88-92(81,82)86-58-67(74)57-85-91(79,80)87-61-68(60-84-71(76)54-46-38-31-29-33-41-49-63(3)4)89-72(77)55-47-39-28-24-23-26-36-44-52-66(8)10-2/h63-69,74H,9-62H2,1-8H3,(H,79,80)(H,81,82)/t65?,66?,67-,68+,69+/m0/s1. The molecule has 0 spiro atoms. The number of carbonyl (C=O) groups excluding carboxylic acids is 4. The van der Waals surface area contributed by atoms with Gasteiger partial charge in [0.25, 0.3) is 0 Å². The second-order valence-electron chi connectivity index (χ2n) is 27.8. The molecule has 4 unspecified atom stereocenters. The summed E-state index contributed by atoms with van der Waals surface area (Å²) < 4.78 is 68.2. The van der Waals surface area contributed by atoms with Crippen LogP contribution in [0.1, 0.15) is 364 Å². The molecule has 0 radical (unpaired) electrons. The van der Waals surface area contributed by atoms with E-state index in [0.29, 0.717) is 37.5 Å². The van der Waals surface area contributed by atoms with Gasteiger partial charge in [0, 0.05) is 25.7 Å². The summed E-state index contributed by atoms with van der Waals surface area (Å²) in [5.74, 6) is 0.857. The number of aliphatic hydroxyl groups excluding tert-OH is 1. The zero-order valence-corrected chi connectivity index (χ0v) is 62.0. The first kappa shape index (κ1) is 90.1. The molecule has 0 rings (SSSR count). The topological polar surface area (TPSA) is 237 Å². The van der Waals surface area contributed by atoms with E-state index < -0.39 is 97.5 Å². The van der Waals surface area contributed by atoms with E-state index in [1.165, 1.54) is 161 Å². The van der Waals surface area contributed by atoms with Crippen molar-refractivity contribution in [2.45, 2.75) is 382 Å². The lowest BCUT2D eigenvalue weighted by Crippen LogP contribution is -2.30. The number of phosphoric acid groups is 2. The van der Waals surface area contributed by atoms with Gasteiger partial charge in [-0.2, -0.15) is 0 Å². The summed E-state index contributed by atoms with van der Waals surface area (Å²) in [6.45, 7) is 14.1. The van der Waals surface area contributed by atoms with Crippen LogP contribution < -0.4 is 0 Å². The van der Waals surface area contributed by atoms with Crippen LogP contribution in [0.25, 0.3) is 0 Å². The van der Waals surface area contributed by atoms with Crippen LogP contribution in [0.5, 0.6) is 0 Å². The first-order valence-electron chi connectivity index (χ1n) is 37.8. The zero-order valence-electron chi connectivity index (χ0n) is 60.2. The number of esters is 4. The first-order valence-corrected chi connectivity index (χ1v) is 40.8. The van der Waals surface area contributed by atoms with Crippen LogP contribution >= 0.6 is 15.6 Å². The van der Waals surface area contributed by atoms with Crippen molar-refractivity contribution in [3.63, 3.8) is 0 Å². The third kappa shape index (κ3) is 64.1. The van der Waals surface area contributed by atoms with Gasteiger partial charge in [0.1, 0.15) is 19.3 Å². The molecule has 0 aromatic carbocycles. The first-order chi connectivity index (χ1) is 44.2. The van der Waals surface area contributed by atoms with Gasteiger partial charge >= 0.3 is 39.5 Å². The Labute approximate surface area is 562 Å². The summed E-state index contributed by atoms with van der Waals surface area (Å²) in [4.78, 5) is 72.5. The highest BCUT2D eigenvalue weighted by molar-refractivity contribution is 7.47. The molecule has 0 aromatic heterocycles. The fourth-order valence-corrected chi connectivity index (χ4v) is 12.5. The third-order valence-electron chi connectivity index (χ3n) is 17.5. The molecule has 0 fully saturated rings. The van der Waals surface area contributed by atoms with Crippen molar-refractivity contribution in [3.05, 3.63) is 0 Å². The Kier molecular flexibility index (Phi) is 61.3. The van der Waals surface area contributed by atoms with E-state index >= 15 is 0 Å². The Morgan fingerprint density at radius 3 is 0.772 bits per heavy atom. The predicted octanol–water partition coefficient (Wildman–Crippen LogP) is 20.9. The van der Waals surface area contributed by atoms with Crippen LogP contribution in [0.2, 0.25) is 0 Å². The number of hydrogen-bond donors (Lipinski definition) is 3. The molecule has 0 heterocycles. The van der Waals surface area contributed by atoms with Gasteiger partial charge in [-0.1, -0.05) is 312 Å². The average molecular weight is 1350 g/mol. The lowest BCUT2D eigenvalue weighted by atomic mass is 9.99. The molecule has 3 N–H and O–H groups in total. The van der Waals surface area contributed by atoms with Crippen LogP contribution in [0.4, 0.5) is 0 Å². The Bertz CT molecular complexity index is 1820. The van der Waals surface area contributed by atoms with Gasteiger partial charge in [0.2, 0.25) is 0 Å². The van der Waals surface area contributed by atoms with Crippen molar-refractivity contribution in [1.82, 2.24) is 0 Å². The predicted molar refractivity (Wildman–Crippen MR) is 372 cm³/mol. The second-order valence-corrected chi connectivity index (χ2v) is 30.7. The Morgan fingerprint density at radius 2 is 0.522 bits per heavy atom. The van der Waals surface area contributed by atoms with Gasteiger partial charge in [-0.05, 0) is 49.4 Å². The summed E-state index contributed by atoms with van der Waals surface area (Å²) in [7, 11) is -9.90. The normalized spacial score (nSPS) is 14.8. The van der Waals surface area contributed by atoms with E-state index in [9.17, 15) is 43.2 Å². The van der Waals surface area contributed by atoms with Crippen LogP contribution in [-0.4, -0.2) is 96.7 Å². The largest absolute Gasteiger partial charge is 0.472 e. The maximum atomic E-state index is 13.0. The van der Waals surface area contributed by atoms with Gasteiger partial charge in [-0.3, -0.25) is 37.3 Å². The number of carbonyl (C=O) groups is 4. The van der Waals surface area contributed by atoms with E-state index in [0.717, 1.165) is 108 Å². The molecular formula is C73H142O17P2. The quantitative estimate of drug-likeness (QED) is 0.0222. The summed E-state index contributed by atoms with van der Waals surface area (Å²) >= 11 is 0. The van der Waals surface area contributed by atoms with Crippen LogP contribution in [0.3, 0.4) is 0 Å². The van der Waals surface area contributed by atoms with Crippen molar-refractivity contribution in [2.24, 2.45) is 23.7 Å². The molecular weight excluding hydrogens is 1210 g/mol. The number of unbranched alkanes of at least 4 members (excludes halogenated alkanes) is 34. The van der Waals surface area contributed by atoms with E-state index in [-0.39, 0.29) is 25.7 Å². The zero-order chi connectivity index (χ0) is 68.2. The van der Waals surface area contributed by atoms with Crippen molar-refractivity contribution in [1.29, 1.82) is 0 Å². The number of rotatable bonds is 70. The number of phosphoric ester groups is 2. The highest BCUT2D eigenvalue weighted by Gasteiger charge is 2.30. The molecule has 7 atom stereocenters. The molecule has 0 bridgehead atoms. The highest BCUT2D eigenvalue weighted by Crippen LogP contribution is 2.45. The molecule has 17 nitrogen and oxygen atoms in total. The number of ether oxygens (including phenoxy) is 4. The van der Waals surface area contributed by atoms with Crippen LogP contribution in [-0.2, 0) is 65.4 Å². The maximum absolute atomic E-state index is 13.0. The van der Waals surface area contributed by atoms with Crippen molar-refractivity contribution < 1.29 is 80.2 Å². The Hall–Kier alpha value is -1.94. The van der Waals surface area contributed by atoms with Crippen molar-refractivity contribution in [2.75, 3.05) is 39.6 Å². The molecule has 0 aliphatic carbocycles. The number of hydrogen-bond acceptors (Lipinski definition) is 15. The monoisotopic (exact) mass is 1350 g/mol. The summed E-state index contributed by atoms with van der Waals surface area (Å²) in [5, 5.41) is 10.6. The molecule has 0 aliphatic heterocycles. The van der Waals surface area contributed by atoms with E-state index in [2.05, 4.69) is 55.4 Å². The lowest BCUT2D eigenvalue weighted by Gasteiger charge is -2.21. The lowest BCUT2D eigenvalue weighted by molar-refractivity contribution is -0.161. The molecule has 0 aliphatic rings. The molecule has 546 valence electrons. The number of aliphatic hydroxyl groups is 1. The maximum Gasteiger partial charge on any atom is 0.472 e. The Morgan fingerprint density at radius 1 is 0.304 bits per heavy atom. The van der Waals surface area contributed by atoms with Gasteiger partial charge in [-0.25, -0.2) is 9.13 Å². The van der Waals surface area contributed by atoms with E-state index in [4.69, 9.17) is 37.0 Å². The third-order valence-corrected chi connectivity index (χ3v) is 19.4. The van der Waals surface area contributed by atoms with E-state index in [1.54, 1.807) is 0 Å². The summed E-state index contributed by atoms with van der Waals surface area (Å²) in [6, 6.07) is 0. The molecule has 19 heteroatoms. The van der Waals surface area contributed by atoms with E-state index in [1.807, 2.05) is 0 Å². The molecule has 0 aromatic rings. The minimum atomic E-state index is -4.95. The minimum absolute atomic E-state index is 0.102. The second kappa shape index (κ2) is 62.6. The van der Waals surface area contributed by atoms with Gasteiger partial charge in [0.05, 0.1) is 26.4 Å². The smallest absolute Gasteiger partial charge is 0.462 e. The molecule has 0 amide bonds. The minimum Gasteiger partial charge on any atom is -0.462 e. The van der Waals surface area contributed by atoms with Gasteiger partial charge in [0.15, 0.2) is 12.2 Å². The van der Waals surface area contributed by atoms with Crippen molar-refractivity contribution in [3.8, 4) is 0 Å². The SMILES string of the molecule is CCC(C)CCCCCCCCCCCCCCCCCCCCC(=O)OC[C@H](COP(=O)(O)OC[C@@H](O)COP(=O)(O)OC[C@@H](COC(=O)CCCCCCCCC(C)C)OC(=O)CCCCCCCCCCC(C)CC)OC(=O)CCCCCCCCC(C)C. The summed E-state index contributed by atoms with van der Waals surface area (Å²) in [6.07, 6.45) is 46.3. The fraction of sp³-hybridized carbons (Fsp3) is 0.945. The van der Waals surface area contributed by atoms with Crippen LogP contribution in [0, 0.1) is 23.7 Å². The molecule has 0 saturated carbocycles. The Balaban J connectivity index is 5.09. The average Bonchev–Trinajstić information content (AvgIpc) is 2.86. The van der Waals surface area contributed by atoms with Gasteiger partial charge in [-0.15, -0.1) is 0 Å². The van der Waals surface area contributed by atoms with Crippen LogP contribution in [0.15, 0.2) is 0 Å². The summed E-state index contributed by atoms with van der Waals surface area (Å²) in [5.41, 5.74) is 0. The molecule has 0 saturated heterocycles. The molecule has 92 heavy (non-hydrogen) atoms. The highest BCUT2D eigenvalue weighted by atomic mass is 31.2. The van der Waals surface area contributed by atoms with Crippen molar-refractivity contribution >= 4 is 39.5 Å².